The van der Waals surface area contributed by atoms with Crippen molar-refractivity contribution in [3.63, 3.8) is 0 Å². The Hall–Kier alpha value is -1.10. The van der Waals surface area contributed by atoms with Crippen LogP contribution < -0.4 is 5.48 Å². The Morgan fingerprint density at radius 2 is 2.31 bits per heavy atom. The molecule has 16 heavy (non-hydrogen) atoms. The van der Waals surface area contributed by atoms with Gasteiger partial charge in [0.25, 0.3) is 0 Å². The van der Waals surface area contributed by atoms with Crippen molar-refractivity contribution in [1.82, 2.24) is 10.4 Å². The Bertz CT molecular complexity index is 266. The minimum Gasteiger partial charge on any atom is -0.342 e. The van der Waals surface area contributed by atoms with Crippen LogP contribution in [0.2, 0.25) is 0 Å². The number of hydroxylamine groups is 1. The van der Waals surface area contributed by atoms with Gasteiger partial charge in [0.1, 0.15) is 0 Å². The van der Waals surface area contributed by atoms with Gasteiger partial charge in [0, 0.05) is 19.5 Å². The van der Waals surface area contributed by atoms with Crippen LogP contribution in [0.1, 0.15) is 27.2 Å². The van der Waals surface area contributed by atoms with Crippen LogP contribution in [0, 0.1) is 11.8 Å². The zero-order valence-electron chi connectivity index (χ0n) is 10.2. The van der Waals surface area contributed by atoms with E-state index in [1.807, 2.05) is 20.8 Å². The topological polar surface area (TPSA) is 58.6 Å². The van der Waals surface area contributed by atoms with E-state index in [9.17, 15) is 9.59 Å². The van der Waals surface area contributed by atoms with Crippen molar-refractivity contribution < 1.29 is 14.4 Å². The highest BCUT2D eigenvalue weighted by atomic mass is 16.6. The van der Waals surface area contributed by atoms with E-state index in [1.165, 1.54) is 0 Å². The number of likely N-dealkylation sites (tertiary alicyclic amines) is 1. The summed E-state index contributed by atoms with van der Waals surface area (Å²) in [7, 11) is 0. The van der Waals surface area contributed by atoms with Gasteiger partial charge in [-0.15, -0.1) is 0 Å². The predicted molar refractivity (Wildman–Crippen MR) is 59.3 cm³/mol. The van der Waals surface area contributed by atoms with Crippen molar-refractivity contribution >= 4 is 11.8 Å². The first-order valence-electron chi connectivity index (χ1n) is 5.74. The summed E-state index contributed by atoms with van der Waals surface area (Å²) in [5.41, 5.74) is 2.40. The van der Waals surface area contributed by atoms with E-state index in [2.05, 4.69) is 5.48 Å². The lowest BCUT2D eigenvalue weighted by Gasteiger charge is -2.13. The van der Waals surface area contributed by atoms with Gasteiger partial charge in [-0.3, -0.25) is 14.4 Å². The third-order valence-electron chi connectivity index (χ3n) is 2.56. The van der Waals surface area contributed by atoms with E-state index in [0.717, 1.165) is 0 Å². The highest BCUT2D eigenvalue weighted by molar-refractivity contribution is 5.88. The van der Waals surface area contributed by atoms with Gasteiger partial charge in [-0.1, -0.05) is 13.8 Å². The van der Waals surface area contributed by atoms with E-state index >= 15 is 0 Å². The maximum atomic E-state index is 11.6. The van der Waals surface area contributed by atoms with Crippen molar-refractivity contribution in [1.29, 1.82) is 0 Å². The molecule has 1 atom stereocenters. The zero-order chi connectivity index (χ0) is 12.1. The highest BCUT2D eigenvalue weighted by Crippen LogP contribution is 2.17. The molecule has 1 unspecified atom stereocenters. The summed E-state index contributed by atoms with van der Waals surface area (Å²) in [6.07, 6.45) is 0.296. The minimum atomic E-state index is -0.264. The Labute approximate surface area is 96.1 Å². The molecular weight excluding hydrogens is 208 g/mol. The fraction of sp³-hybridized carbons (Fsp3) is 0.818. The van der Waals surface area contributed by atoms with Crippen molar-refractivity contribution in [3.05, 3.63) is 0 Å². The van der Waals surface area contributed by atoms with Crippen LogP contribution in [-0.2, 0) is 14.4 Å². The average Bonchev–Trinajstić information content (AvgIpc) is 2.59. The Kier molecular flexibility index (Phi) is 4.73. The summed E-state index contributed by atoms with van der Waals surface area (Å²) in [4.78, 5) is 29.8. The highest BCUT2D eigenvalue weighted by Gasteiger charge is 2.33. The molecule has 2 amide bonds. The van der Waals surface area contributed by atoms with Crippen LogP contribution in [-0.4, -0.2) is 36.4 Å². The number of hydrogen-bond donors (Lipinski definition) is 1. The molecule has 0 spiro atoms. The number of nitrogens with zero attached hydrogens (tertiary/aromatic N) is 1. The molecule has 0 aliphatic carbocycles. The molecular formula is C11H20N2O3. The lowest BCUT2D eigenvalue weighted by atomic mass is 10.1. The van der Waals surface area contributed by atoms with Crippen LogP contribution in [0.4, 0.5) is 0 Å². The third-order valence-corrected chi connectivity index (χ3v) is 2.56. The second kappa shape index (κ2) is 5.84. The molecule has 1 saturated heterocycles. The molecule has 0 aromatic rings. The summed E-state index contributed by atoms with van der Waals surface area (Å²) >= 11 is 0. The Morgan fingerprint density at radius 1 is 1.62 bits per heavy atom. The number of carbonyl (C=O) groups is 2. The lowest BCUT2D eigenvalue weighted by molar-refractivity contribution is -0.138. The van der Waals surface area contributed by atoms with Crippen LogP contribution in [0.3, 0.4) is 0 Å². The molecule has 1 aliphatic heterocycles. The SMILES string of the molecule is CCN1CC(C(=O)NOCC(C)C)CC1=O. The first-order chi connectivity index (χ1) is 7.54. The first kappa shape index (κ1) is 13.0. The number of carbonyl (C=O) groups excluding carboxylic acids is 2. The quantitative estimate of drug-likeness (QED) is 0.699. The fourth-order valence-electron chi connectivity index (χ4n) is 1.62. The smallest absolute Gasteiger partial charge is 0.248 e. The van der Waals surface area contributed by atoms with Crippen molar-refractivity contribution in [2.24, 2.45) is 11.8 Å². The number of nitrogens with one attached hydrogen (secondary N) is 1. The molecule has 0 aromatic heterocycles. The molecule has 0 aromatic carbocycles. The van der Waals surface area contributed by atoms with Gasteiger partial charge >= 0.3 is 0 Å². The van der Waals surface area contributed by atoms with Gasteiger partial charge in [-0.2, -0.15) is 0 Å². The van der Waals surface area contributed by atoms with Crippen LogP contribution in [0.5, 0.6) is 0 Å². The molecule has 5 nitrogen and oxygen atoms in total. The summed E-state index contributed by atoms with van der Waals surface area (Å²) < 4.78 is 0. The van der Waals surface area contributed by atoms with Crippen molar-refractivity contribution in [2.45, 2.75) is 27.2 Å². The maximum Gasteiger partial charge on any atom is 0.248 e. The monoisotopic (exact) mass is 228 g/mol. The third kappa shape index (κ3) is 3.48. The maximum absolute atomic E-state index is 11.6. The van der Waals surface area contributed by atoms with Gasteiger partial charge < -0.3 is 4.90 Å². The predicted octanol–water partition coefficient (Wildman–Crippen LogP) is 0.559. The van der Waals surface area contributed by atoms with E-state index < -0.39 is 0 Å². The molecule has 1 heterocycles. The zero-order valence-corrected chi connectivity index (χ0v) is 10.2. The molecule has 5 heteroatoms. The molecule has 1 N–H and O–H groups in total. The number of amides is 2. The Balaban J connectivity index is 2.30. The van der Waals surface area contributed by atoms with Crippen LogP contribution in [0.25, 0.3) is 0 Å². The average molecular weight is 228 g/mol. The van der Waals surface area contributed by atoms with Crippen LogP contribution in [0.15, 0.2) is 0 Å². The Morgan fingerprint density at radius 3 is 2.81 bits per heavy atom. The standard InChI is InChI=1S/C11H20N2O3/c1-4-13-6-9(5-10(13)14)11(15)12-16-7-8(2)3/h8-9H,4-7H2,1-3H3,(H,12,15). The second-order valence-electron chi connectivity index (χ2n) is 4.50. The normalized spacial score (nSPS) is 20.6. The second-order valence-corrected chi connectivity index (χ2v) is 4.50. The van der Waals surface area contributed by atoms with Gasteiger partial charge in [0.15, 0.2) is 0 Å². The first-order valence-corrected chi connectivity index (χ1v) is 5.74. The largest absolute Gasteiger partial charge is 0.342 e. The summed E-state index contributed by atoms with van der Waals surface area (Å²) in [5, 5.41) is 0. The van der Waals surface area contributed by atoms with Crippen LogP contribution >= 0.6 is 0 Å². The van der Waals surface area contributed by atoms with Gasteiger partial charge in [0.05, 0.1) is 12.5 Å². The summed E-state index contributed by atoms with van der Waals surface area (Å²) in [6, 6.07) is 0. The summed E-state index contributed by atoms with van der Waals surface area (Å²) in [5.74, 6) is -0.0336. The van der Waals surface area contributed by atoms with Crippen molar-refractivity contribution in [3.8, 4) is 0 Å². The van der Waals surface area contributed by atoms with Gasteiger partial charge in [0.2, 0.25) is 11.8 Å². The fourth-order valence-corrected chi connectivity index (χ4v) is 1.62. The molecule has 0 radical (unpaired) electrons. The van der Waals surface area contributed by atoms with E-state index in [1.54, 1.807) is 4.90 Å². The van der Waals surface area contributed by atoms with E-state index in [0.29, 0.717) is 32.0 Å². The summed E-state index contributed by atoms with van der Waals surface area (Å²) in [6.45, 7) is 7.58. The molecule has 0 saturated carbocycles. The van der Waals surface area contributed by atoms with E-state index in [-0.39, 0.29) is 17.7 Å². The number of hydrogen-bond acceptors (Lipinski definition) is 3. The number of rotatable bonds is 5. The minimum absolute atomic E-state index is 0.0477. The molecule has 0 bridgehead atoms. The lowest BCUT2D eigenvalue weighted by Crippen LogP contribution is -2.33. The van der Waals surface area contributed by atoms with E-state index in [4.69, 9.17) is 4.84 Å². The van der Waals surface area contributed by atoms with Gasteiger partial charge in [-0.05, 0) is 12.8 Å². The molecule has 92 valence electrons. The molecule has 1 rings (SSSR count). The van der Waals surface area contributed by atoms with Crippen molar-refractivity contribution in [2.75, 3.05) is 19.7 Å². The molecule has 1 fully saturated rings. The molecule has 1 aliphatic rings. The van der Waals surface area contributed by atoms with Gasteiger partial charge in [-0.25, -0.2) is 5.48 Å².